The summed E-state index contributed by atoms with van der Waals surface area (Å²) in [5.74, 6) is -1.60. The first-order valence-corrected chi connectivity index (χ1v) is 12.7. The van der Waals surface area contributed by atoms with Crippen LogP contribution >= 0.6 is 12.2 Å². The molecule has 4 N–H and O–H groups in total. The Bertz CT molecular complexity index is 1640. The van der Waals surface area contributed by atoms with Crippen molar-refractivity contribution in [2.45, 2.75) is 19.0 Å². The van der Waals surface area contributed by atoms with Gasteiger partial charge in [-0.25, -0.2) is 9.59 Å². The molecule has 0 radical (unpaired) electrons. The van der Waals surface area contributed by atoms with Gasteiger partial charge in [0.1, 0.15) is 23.3 Å². The van der Waals surface area contributed by atoms with Crippen molar-refractivity contribution in [2.75, 3.05) is 17.3 Å². The van der Waals surface area contributed by atoms with Gasteiger partial charge in [0.2, 0.25) is 5.91 Å². The smallest absolute Gasteiger partial charge is 0.335 e. The number of furan rings is 1. The van der Waals surface area contributed by atoms with Crippen molar-refractivity contribution in [3.63, 3.8) is 0 Å². The number of hydrogen-bond acceptors (Lipinski definition) is 7. The molecular weight excluding hydrogens is 548 g/mol. The molecule has 3 heterocycles. The van der Waals surface area contributed by atoms with E-state index in [1.54, 1.807) is 42.6 Å². The molecule has 0 spiro atoms. The summed E-state index contributed by atoms with van der Waals surface area (Å²) in [5.41, 5.74) is 1.70. The number of ether oxygens (including phenoxy) is 1. The van der Waals surface area contributed by atoms with E-state index in [1.165, 1.54) is 26.2 Å². The predicted octanol–water partition coefficient (Wildman–Crippen LogP) is 4.88. The maximum Gasteiger partial charge on any atom is 0.335 e. The first-order valence-electron chi connectivity index (χ1n) is 12.3. The van der Waals surface area contributed by atoms with Crippen LogP contribution in [0.15, 0.2) is 77.3 Å². The molecule has 5 rings (SSSR count). The number of carboxylic acid groups (broad SMARTS) is 2. The molecule has 1 amide bonds. The number of carbonyl (C=O) groups excluding carboxylic acids is 1. The number of methoxy groups -OCH3 is 1. The fraction of sp³-hybridized carbons (Fsp3) is 0.138. The van der Waals surface area contributed by atoms with E-state index in [4.69, 9.17) is 21.4 Å². The summed E-state index contributed by atoms with van der Waals surface area (Å²) in [4.78, 5) is 41.5. The lowest BCUT2D eigenvalue weighted by Crippen LogP contribution is -2.29. The van der Waals surface area contributed by atoms with Crippen molar-refractivity contribution >= 4 is 46.6 Å². The molecule has 208 valence electrons. The van der Waals surface area contributed by atoms with Gasteiger partial charge < -0.3 is 34.9 Å². The Labute approximate surface area is 239 Å². The van der Waals surface area contributed by atoms with Crippen LogP contribution < -0.4 is 20.3 Å². The van der Waals surface area contributed by atoms with Gasteiger partial charge >= 0.3 is 11.9 Å². The van der Waals surface area contributed by atoms with Crippen molar-refractivity contribution in [2.24, 2.45) is 0 Å². The number of amides is 1. The quantitative estimate of drug-likeness (QED) is 0.214. The molecule has 12 heteroatoms. The standard InChI is InChI=1S/C29H24N4O7S/c1-15(34)31-21-14-19(6-7-23(21)39-2)33-26(25(32-29(33)41)20-5-3-4-10-30-20)24-9-8-22(40-24)16-11-17(27(35)36)13-18(12-16)28(37)38/h3-14,25-26H,1-2H3,(H,31,34)(H,32,41)(H,35,36)(H,37,38)/t25-,26+/m0/s1. The number of aromatic carboxylic acids is 2. The maximum absolute atomic E-state index is 11.9. The van der Waals surface area contributed by atoms with E-state index in [1.807, 2.05) is 17.0 Å². The number of benzene rings is 2. The topological polar surface area (TPSA) is 154 Å². The van der Waals surface area contributed by atoms with Gasteiger partial charge in [-0.1, -0.05) is 6.07 Å². The average molecular weight is 573 g/mol. The van der Waals surface area contributed by atoms with E-state index < -0.39 is 24.0 Å². The van der Waals surface area contributed by atoms with E-state index in [2.05, 4.69) is 15.6 Å². The Balaban J connectivity index is 1.62. The van der Waals surface area contributed by atoms with Crippen molar-refractivity contribution in [1.29, 1.82) is 0 Å². The second-order valence-corrected chi connectivity index (χ2v) is 9.56. The number of rotatable bonds is 8. The average Bonchev–Trinajstić information content (AvgIpc) is 3.57. The zero-order valence-corrected chi connectivity index (χ0v) is 22.6. The first kappa shape index (κ1) is 27.3. The Morgan fingerprint density at radius 1 is 1.02 bits per heavy atom. The minimum absolute atomic E-state index is 0.182. The molecule has 0 saturated carbocycles. The van der Waals surface area contributed by atoms with E-state index >= 15 is 0 Å². The molecule has 1 aliphatic heterocycles. The van der Waals surface area contributed by atoms with Gasteiger partial charge in [-0.15, -0.1) is 0 Å². The molecule has 1 aliphatic rings. The fourth-order valence-corrected chi connectivity index (χ4v) is 5.08. The summed E-state index contributed by atoms with van der Waals surface area (Å²) in [6, 6.07) is 16.9. The number of carboxylic acids is 2. The summed E-state index contributed by atoms with van der Waals surface area (Å²) in [5, 5.41) is 25.5. The number of pyridine rings is 1. The lowest BCUT2D eigenvalue weighted by atomic mass is 10.0. The summed E-state index contributed by atoms with van der Waals surface area (Å²) in [6.07, 6.45) is 1.67. The fourth-order valence-electron chi connectivity index (χ4n) is 4.74. The third-order valence-electron chi connectivity index (χ3n) is 6.50. The van der Waals surface area contributed by atoms with E-state index in [-0.39, 0.29) is 22.8 Å². The van der Waals surface area contributed by atoms with Gasteiger partial charge in [0.15, 0.2) is 5.11 Å². The normalized spacial score (nSPS) is 16.2. The monoisotopic (exact) mass is 572 g/mol. The first-order chi connectivity index (χ1) is 19.7. The van der Waals surface area contributed by atoms with Gasteiger partial charge in [0.25, 0.3) is 0 Å². The molecule has 41 heavy (non-hydrogen) atoms. The highest BCUT2D eigenvalue weighted by Crippen LogP contribution is 2.44. The van der Waals surface area contributed by atoms with Gasteiger partial charge in [0, 0.05) is 24.4 Å². The molecule has 2 atom stereocenters. The second kappa shape index (κ2) is 11.1. The molecular formula is C29H24N4O7S. The van der Waals surface area contributed by atoms with Gasteiger partial charge in [-0.2, -0.15) is 0 Å². The van der Waals surface area contributed by atoms with E-state index in [0.717, 1.165) is 6.07 Å². The number of thiocarbonyl (C=S) groups is 1. The molecule has 1 saturated heterocycles. The van der Waals surface area contributed by atoms with E-state index in [9.17, 15) is 24.6 Å². The van der Waals surface area contributed by atoms with Crippen molar-refractivity contribution < 1.29 is 33.8 Å². The lowest BCUT2D eigenvalue weighted by Gasteiger charge is -2.27. The Morgan fingerprint density at radius 2 is 1.76 bits per heavy atom. The highest BCUT2D eigenvalue weighted by molar-refractivity contribution is 7.80. The van der Waals surface area contributed by atoms with Gasteiger partial charge in [-0.05, 0) is 72.9 Å². The molecule has 0 aliphatic carbocycles. The Morgan fingerprint density at radius 3 is 2.37 bits per heavy atom. The number of anilines is 2. The van der Waals surface area contributed by atoms with Gasteiger partial charge in [0.05, 0.1) is 35.7 Å². The zero-order chi connectivity index (χ0) is 29.3. The summed E-state index contributed by atoms with van der Waals surface area (Å²) in [6.45, 7) is 1.40. The third kappa shape index (κ3) is 5.45. The molecule has 0 unspecified atom stereocenters. The predicted molar refractivity (Wildman–Crippen MR) is 153 cm³/mol. The maximum atomic E-state index is 11.9. The minimum Gasteiger partial charge on any atom is -0.495 e. The molecule has 2 aromatic carbocycles. The summed E-state index contributed by atoms with van der Waals surface area (Å²) < 4.78 is 11.7. The van der Waals surface area contributed by atoms with Crippen molar-refractivity contribution in [1.82, 2.24) is 10.3 Å². The summed E-state index contributed by atoms with van der Waals surface area (Å²) >= 11 is 5.76. The number of aromatic nitrogens is 1. The SMILES string of the molecule is COc1ccc(N2C(=S)N[C@@H](c3ccccn3)[C@H]2c2ccc(-c3cc(C(=O)O)cc(C(=O)O)c3)o2)cc1NC(C)=O. The lowest BCUT2D eigenvalue weighted by molar-refractivity contribution is -0.114. The molecule has 11 nitrogen and oxygen atoms in total. The highest BCUT2D eigenvalue weighted by Gasteiger charge is 2.43. The highest BCUT2D eigenvalue weighted by atomic mass is 32.1. The molecule has 4 aromatic rings. The van der Waals surface area contributed by atoms with Crippen LogP contribution in [0.25, 0.3) is 11.3 Å². The third-order valence-corrected chi connectivity index (χ3v) is 6.81. The number of nitrogens with zero attached hydrogens (tertiary/aromatic N) is 2. The number of hydrogen-bond donors (Lipinski definition) is 4. The molecule has 1 fully saturated rings. The van der Waals surface area contributed by atoms with Crippen LogP contribution in [0, 0.1) is 0 Å². The largest absolute Gasteiger partial charge is 0.495 e. The second-order valence-electron chi connectivity index (χ2n) is 9.17. The van der Waals surface area contributed by atoms with E-state index in [0.29, 0.717) is 39.3 Å². The molecule has 0 bridgehead atoms. The van der Waals surface area contributed by atoms with Crippen molar-refractivity contribution in [3.8, 4) is 17.1 Å². The van der Waals surface area contributed by atoms with Crippen LogP contribution in [0.4, 0.5) is 11.4 Å². The Hall–Kier alpha value is -5.23. The summed E-state index contributed by atoms with van der Waals surface area (Å²) in [7, 11) is 1.50. The Kier molecular flexibility index (Phi) is 7.40. The van der Waals surface area contributed by atoms with Crippen LogP contribution in [0.5, 0.6) is 5.75 Å². The number of nitrogens with one attached hydrogen (secondary N) is 2. The van der Waals surface area contributed by atoms with Crippen molar-refractivity contribution in [3.05, 3.63) is 95.5 Å². The zero-order valence-electron chi connectivity index (χ0n) is 21.8. The minimum atomic E-state index is -1.26. The van der Waals surface area contributed by atoms with Gasteiger partial charge in [-0.3, -0.25) is 9.78 Å². The van der Waals surface area contributed by atoms with Crippen LogP contribution in [0.1, 0.15) is 51.2 Å². The molecule has 2 aromatic heterocycles. The van der Waals surface area contributed by atoms with Crippen LogP contribution in [0.3, 0.4) is 0 Å². The number of carbonyl (C=O) groups is 3. The van der Waals surface area contributed by atoms with Crippen LogP contribution in [-0.2, 0) is 4.79 Å². The van der Waals surface area contributed by atoms with Crippen LogP contribution in [-0.4, -0.2) is 45.3 Å². The van der Waals surface area contributed by atoms with Crippen LogP contribution in [0.2, 0.25) is 0 Å².